The summed E-state index contributed by atoms with van der Waals surface area (Å²) in [6.07, 6.45) is 3.88. The minimum Gasteiger partial charge on any atom is -0.445 e. The van der Waals surface area contributed by atoms with Crippen LogP contribution in [-0.4, -0.2) is 96.9 Å². The highest BCUT2D eigenvalue weighted by atomic mass is 16.6. The number of ether oxygens (including phenoxy) is 3. The summed E-state index contributed by atoms with van der Waals surface area (Å²) in [5, 5.41) is 18.1. The minimum atomic E-state index is -0.845. The van der Waals surface area contributed by atoms with Crippen molar-refractivity contribution in [2.45, 2.75) is 85.8 Å². The summed E-state index contributed by atoms with van der Waals surface area (Å²) in [4.78, 5) is 63.5. The first-order chi connectivity index (χ1) is 30.4. The topological polar surface area (TPSA) is 176 Å². The van der Waals surface area contributed by atoms with Gasteiger partial charge >= 0.3 is 12.2 Å². The maximum atomic E-state index is 12.9. The Balaban J connectivity index is 0.00000138. The summed E-state index contributed by atoms with van der Waals surface area (Å²) >= 11 is 0. The van der Waals surface area contributed by atoms with E-state index in [1.807, 2.05) is 132 Å². The van der Waals surface area contributed by atoms with Crippen LogP contribution in [0.25, 0.3) is 12.2 Å². The molecule has 4 aromatic rings. The van der Waals surface area contributed by atoms with Gasteiger partial charge in [0.2, 0.25) is 18.2 Å². The number of carbonyl (C=O) groups is 5. The molecule has 63 heavy (non-hydrogen) atoms. The molecule has 0 aliphatic carbocycles. The van der Waals surface area contributed by atoms with Gasteiger partial charge in [-0.15, -0.1) is 0 Å². The Morgan fingerprint density at radius 1 is 0.667 bits per heavy atom. The smallest absolute Gasteiger partial charge is 0.410 e. The normalized spacial score (nSPS) is 11.8. The average molecular weight is 868 g/mol. The van der Waals surface area contributed by atoms with Crippen LogP contribution in [0.3, 0.4) is 0 Å². The standard InChI is InChI=1S/C42H48N4O8.C5H11NO.C2H6/c1-31(47)26-46(42(51)54-30-36-12-8-5-9-13-36)28-40(49)44-38-22-18-34(19-23-38)15-14-33-16-20-37(21-17-33)43-39(48)27-45(25-24-32(2)52-3)41(50)53-29-35-10-6-4-7-11-35;1-3-5(2)6-4-7;1-2/h4-23,31-32,47H,24-30H2,1-3H3,(H,43,48)(H,44,49);4-5H,3H2,1-2H3,(H,6,7);1-2H3/b15-14+;;. The van der Waals surface area contributed by atoms with E-state index in [0.29, 0.717) is 30.4 Å². The zero-order valence-corrected chi connectivity index (χ0v) is 37.6. The molecule has 3 atom stereocenters. The van der Waals surface area contributed by atoms with Crippen LogP contribution < -0.4 is 16.0 Å². The second kappa shape index (κ2) is 30.5. The number of nitrogens with one attached hydrogen (secondary N) is 3. The van der Waals surface area contributed by atoms with Crippen molar-refractivity contribution in [1.82, 2.24) is 15.1 Å². The monoisotopic (exact) mass is 867 g/mol. The molecule has 0 bridgehead atoms. The Morgan fingerprint density at radius 2 is 1.10 bits per heavy atom. The van der Waals surface area contributed by atoms with Crippen LogP contribution in [0.4, 0.5) is 21.0 Å². The Labute approximate surface area is 372 Å². The van der Waals surface area contributed by atoms with Gasteiger partial charge in [-0.1, -0.05) is 118 Å². The molecule has 0 heterocycles. The number of rotatable bonds is 21. The van der Waals surface area contributed by atoms with Gasteiger partial charge in [-0.2, -0.15) is 0 Å². The maximum absolute atomic E-state index is 12.9. The Morgan fingerprint density at radius 3 is 1.48 bits per heavy atom. The fourth-order valence-electron chi connectivity index (χ4n) is 5.36. The van der Waals surface area contributed by atoms with Gasteiger partial charge in [0.05, 0.1) is 18.8 Å². The van der Waals surface area contributed by atoms with Crippen LogP contribution in [-0.2, 0) is 41.8 Å². The highest BCUT2D eigenvalue weighted by molar-refractivity contribution is 5.95. The van der Waals surface area contributed by atoms with Gasteiger partial charge in [-0.05, 0) is 80.1 Å². The molecule has 0 aliphatic heterocycles. The third-order valence-electron chi connectivity index (χ3n) is 9.11. The first-order valence-electron chi connectivity index (χ1n) is 21.2. The molecule has 4 rings (SSSR count). The molecule has 0 saturated heterocycles. The number of hydrogen-bond acceptors (Lipinski definition) is 9. The Kier molecular flexibility index (Phi) is 25.5. The van der Waals surface area contributed by atoms with Crippen LogP contribution in [0.2, 0.25) is 0 Å². The molecule has 0 saturated carbocycles. The molecule has 4 aromatic carbocycles. The molecule has 0 aliphatic rings. The lowest BCUT2D eigenvalue weighted by Crippen LogP contribution is -2.42. The van der Waals surface area contributed by atoms with Gasteiger partial charge in [-0.3, -0.25) is 24.2 Å². The van der Waals surface area contributed by atoms with Gasteiger partial charge in [0.1, 0.15) is 26.3 Å². The number of aliphatic hydroxyl groups excluding tert-OH is 1. The van der Waals surface area contributed by atoms with Crippen LogP contribution >= 0.6 is 0 Å². The van der Waals surface area contributed by atoms with E-state index in [1.54, 1.807) is 31.4 Å². The van der Waals surface area contributed by atoms with Gasteiger partial charge in [-0.25, -0.2) is 9.59 Å². The first kappa shape index (κ1) is 52.6. The summed E-state index contributed by atoms with van der Waals surface area (Å²) < 4.78 is 16.1. The molecule has 0 radical (unpaired) electrons. The molecular weight excluding hydrogens is 803 g/mol. The predicted octanol–water partition coefficient (Wildman–Crippen LogP) is 8.37. The number of anilines is 2. The minimum absolute atomic E-state index is 0.0528. The summed E-state index contributed by atoms with van der Waals surface area (Å²) in [6.45, 7) is 11.4. The van der Waals surface area contributed by atoms with Crippen molar-refractivity contribution >= 4 is 53.9 Å². The van der Waals surface area contributed by atoms with E-state index >= 15 is 0 Å². The highest BCUT2D eigenvalue weighted by Crippen LogP contribution is 2.16. The van der Waals surface area contributed by atoms with E-state index in [2.05, 4.69) is 16.0 Å². The molecule has 3 unspecified atom stereocenters. The molecule has 0 aromatic heterocycles. The fraction of sp³-hybridized carbons (Fsp3) is 0.367. The molecule has 0 fully saturated rings. The van der Waals surface area contributed by atoms with E-state index in [1.165, 1.54) is 16.7 Å². The Hall–Kier alpha value is -6.51. The zero-order valence-electron chi connectivity index (χ0n) is 37.6. The molecular formula is C49H65N5O9. The lowest BCUT2D eigenvalue weighted by atomic mass is 10.1. The molecule has 5 amide bonds. The predicted molar refractivity (Wildman–Crippen MR) is 249 cm³/mol. The van der Waals surface area contributed by atoms with E-state index in [9.17, 15) is 29.1 Å². The van der Waals surface area contributed by atoms with Gasteiger partial charge < -0.3 is 35.3 Å². The lowest BCUT2D eigenvalue weighted by molar-refractivity contribution is -0.118. The number of hydrogen-bond donors (Lipinski definition) is 4. The van der Waals surface area contributed by atoms with Crippen molar-refractivity contribution in [1.29, 1.82) is 0 Å². The Bertz CT molecular complexity index is 1940. The summed E-state index contributed by atoms with van der Waals surface area (Å²) in [5.41, 5.74) is 4.56. The second-order valence-electron chi connectivity index (χ2n) is 14.3. The summed E-state index contributed by atoms with van der Waals surface area (Å²) in [5.74, 6) is -0.787. The first-order valence-corrected chi connectivity index (χ1v) is 21.2. The highest BCUT2D eigenvalue weighted by Gasteiger charge is 2.22. The van der Waals surface area contributed by atoms with Crippen LogP contribution in [0.15, 0.2) is 109 Å². The molecule has 14 heteroatoms. The van der Waals surface area contributed by atoms with Crippen molar-refractivity contribution in [2.24, 2.45) is 0 Å². The maximum Gasteiger partial charge on any atom is 0.410 e. The number of carbonyl (C=O) groups excluding carboxylic acids is 5. The van der Waals surface area contributed by atoms with E-state index in [4.69, 9.17) is 14.2 Å². The molecule has 0 spiro atoms. The van der Waals surface area contributed by atoms with Crippen LogP contribution in [0.1, 0.15) is 76.6 Å². The third-order valence-corrected chi connectivity index (χ3v) is 9.11. The number of methoxy groups -OCH3 is 1. The van der Waals surface area contributed by atoms with Crippen molar-refractivity contribution in [3.63, 3.8) is 0 Å². The van der Waals surface area contributed by atoms with E-state index in [-0.39, 0.29) is 44.9 Å². The molecule has 340 valence electrons. The average Bonchev–Trinajstić information content (AvgIpc) is 3.30. The van der Waals surface area contributed by atoms with Crippen LogP contribution in [0, 0.1) is 0 Å². The number of nitrogens with zero attached hydrogens (tertiary/aromatic N) is 2. The number of aliphatic hydroxyl groups is 1. The SMILES string of the molecule is CC.CCC(C)NC=O.COC(C)CCN(CC(=O)Nc1ccc(/C=C/c2ccc(NC(=O)CN(CC(C)O)C(=O)OCc3ccccc3)cc2)cc1)C(=O)OCc1ccccc1. The van der Waals surface area contributed by atoms with Crippen LogP contribution in [0.5, 0.6) is 0 Å². The molecule has 14 nitrogen and oxygen atoms in total. The van der Waals surface area contributed by atoms with Crippen molar-refractivity contribution in [3.8, 4) is 0 Å². The summed E-state index contributed by atoms with van der Waals surface area (Å²) in [7, 11) is 1.60. The lowest BCUT2D eigenvalue weighted by Gasteiger charge is -2.23. The second-order valence-corrected chi connectivity index (χ2v) is 14.3. The van der Waals surface area contributed by atoms with Crippen molar-refractivity contribution in [3.05, 3.63) is 131 Å². The zero-order chi connectivity index (χ0) is 46.4. The van der Waals surface area contributed by atoms with E-state index in [0.717, 1.165) is 35.1 Å². The third kappa shape index (κ3) is 22.2. The van der Waals surface area contributed by atoms with Gasteiger partial charge in [0.15, 0.2) is 0 Å². The van der Waals surface area contributed by atoms with Crippen molar-refractivity contribution in [2.75, 3.05) is 43.9 Å². The van der Waals surface area contributed by atoms with E-state index < -0.39 is 24.2 Å². The number of benzene rings is 4. The summed E-state index contributed by atoms with van der Waals surface area (Å²) in [6, 6.07) is 33.3. The van der Waals surface area contributed by atoms with Gasteiger partial charge in [0, 0.05) is 31.1 Å². The molecule has 4 N–H and O–H groups in total. The number of amides is 5. The quantitative estimate of drug-likeness (QED) is 0.0474. The van der Waals surface area contributed by atoms with Gasteiger partial charge in [0.25, 0.3) is 0 Å². The van der Waals surface area contributed by atoms with Crippen molar-refractivity contribution < 1.29 is 43.3 Å². The largest absolute Gasteiger partial charge is 0.445 e. The fourth-order valence-corrected chi connectivity index (χ4v) is 5.36.